The molecule has 94 valence electrons. The van der Waals surface area contributed by atoms with Crippen molar-refractivity contribution in [2.45, 2.75) is 6.54 Å². The first-order chi connectivity index (χ1) is 8.40. The molecule has 0 saturated heterocycles. The van der Waals surface area contributed by atoms with E-state index in [2.05, 4.69) is 60.4 Å². The van der Waals surface area contributed by atoms with Crippen LogP contribution >= 0.6 is 12.4 Å². The Bertz CT molecular complexity index is 462. The van der Waals surface area contributed by atoms with Crippen LogP contribution in [0.15, 0.2) is 67.3 Å². The average Bonchev–Trinajstić information content (AvgIpc) is 2.41. The van der Waals surface area contributed by atoms with Crippen molar-refractivity contribution in [3.63, 3.8) is 0 Å². The normalized spacial score (nSPS) is 9.56. The van der Waals surface area contributed by atoms with Gasteiger partial charge in [0.05, 0.1) is 0 Å². The molecule has 0 spiro atoms. The van der Waals surface area contributed by atoms with Crippen molar-refractivity contribution in [2.24, 2.45) is 0 Å². The molecule has 2 aromatic carbocycles. The molecular weight excluding hydrogens is 242 g/mol. The fourth-order valence-corrected chi connectivity index (χ4v) is 1.76. The van der Waals surface area contributed by atoms with Crippen molar-refractivity contribution in [3.8, 4) is 11.1 Å². The van der Waals surface area contributed by atoms with E-state index in [1.165, 1.54) is 16.7 Å². The topological polar surface area (TPSA) is 12.0 Å². The van der Waals surface area contributed by atoms with Gasteiger partial charge in [-0.15, -0.1) is 19.0 Å². The second-order valence-corrected chi connectivity index (χ2v) is 3.98. The number of hydrogen-bond donors (Lipinski definition) is 1. The van der Waals surface area contributed by atoms with Crippen molar-refractivity contribution in [1.29, 1.82) is 0 Å². The molecule has 1 N–H and O–H groups in total. The van der Waals surface area contributed by atoms with Gasteiger partial charge >= 0.3 is 0 Å². The first kappa shape index (κ1) is 14.5. The third kappa shape index (κ3) is 4.02. The molecule has 0 radical (unpaired) electrons. The lowest BCUT2D eigenvalue weighted by molar-refractivity contribution is 0.761. The lowest BCUT2D eigenvalue weighted by atomic mass is 10.0. The standard InChI is InChI=1S/C16H17N.ClH/c1-2-12-17-13-14-8-10-16(11-9-14)15-6-4-3-5-7-15;/h2-11,17H,1,12-13H2;1H. The monoisotopic (exact) mass is 259 g/mol. The molecule has 1 nitrogen and oxygen atoms in total. The van der Waals surface area contributed by atoms with Crippen molar-refractivity contribution >= 4 is 12.4 Å². The molecule has 0 saturated carbocycles. The molecule has 0 heterocycles. The Morgan fingerprint density at radius 3 is 2.11 bits per heavy atom. The Kier molecular flexibility index (Phi) is 6.20. The molecule has 0 aliphatic carbocycles. The molecule has 0 aromatic heterocycles. The summed E-state index contributed by atoms with van der Waals surface area (Å²) in [5.74, 6) is 0. The van der Waals surface area contributed by atoms with E-state index < -0.39 is 0 Å². The second-order valence-electron chi connectivity index (χ2n) is 3.98. The molecule has 18 heavy (non-hydrogen) atoms. The molecular formula is C16H18ClN. The van der Waals surface area contributed by atoms with Crippen molar-refractivity contribution in [1.82, 2.24) is 5.32 Å². The summed E-state index contributed by atoms with van der Waals surface area (Å²) in [4.78, 5) is 0. The number of halogens is 1. The Labute approximate surface area is 115 Å². The van der Waals surface area contributed by atoms with Gasteiger partial charge in [-0.25, -0.2) is 0 Å². The van der Waals surface area contributed by atoms with Crippen molar-refractivity contribution in [2.75, 3.05) is 6.54 Å². The zero-order valence-electron chi connectivity index (χ0n) is 10.3. The number of hydrogen-bond acceptors (Lipinski definition) is 1. The highest BCUT2D eigenvalue weighted by Crippen LogP contribution is 2.18. The van der Waals surface area contributed by atoms with Gasteiger partial charge in [0.25, 0.3) is 0 Å². The fourth-order valence-electron chi connectivity index (χ4n) is 1.76. The molecule has 0 aliphatic heterocycles. The summed E-state index contributed by atoms with van der Waals surface area (Å²) in [6.45, 7) is 5.42. The molecule has 0 aliphatic rings. The number of nitrogens with one attached hydrogen (secondary N) is 1. The Morgan fingerprint density at radius 2 is 1.50 bits per heavy atom. The largest absolute Gasteiger partial charge is 0.309 e. The maximum Gasteiger partial charge on any atom is 0.0208 e. The first-order valence-corrected chi connectivity index (χ1v) is 5.86. The number of rotatable bonds is 5. The highest BCUT2D eigenvalue weighted by atomic mass is 35.5. The maximum atomic E-state index is 3.68. The predicted octanol–water partition coefficient (Wildman–Crippen LogP) is 4.05. The zero-order chi connectivity index (χ0) is 11.9. The van der Waals surface area contributed by atoms with Gasteiger partial charge in [-0.1, -0.05) is 60.7 Å². The predicted molar refractivity (Wildman–Crippen MR) is 81.0 cm³/mol. The fraction of sp³-hybridized carbons (Fsp3) is 0.125. The van der Waals surface area contributed by atoms with Crippen LogP contribution in [0, 0.1) is 0 Å². The Morgan fingerprint density at radius 1 is 0.889 bits per heavy atom. The van der Waals surface area contributed by atoms with E-state index in [4.69, 9.17) is 0 Å². The lowest BCUT2D eigenvalue weighted by Gasteiger charge is -2.05. The van der Waals surface area contributed by atoms with Crippen molar-refractivity contribution in [3.05, 3.63) is 72.8 Å². The Hall–Kier alpha value is -1.57. The van der Waals surface area contributed by atoms with Gasteiger partial charge in [0, 0.05) is 13.1 Å². The van der Waals surface area contributed by atoms with Gasteiger partial charge in [0.15, 0.2) is 0 Å². The van der Waals surface area contributed by atoms with Crippen LogP contribution in [0.3, 0.4) is 0 Å². The van der Waals surface area contributed by atoms with Crippen LogP contribution in [-0.2, 0) is 6.54 Å². The smallest absolute Gasteiger partial charge is 0.0208 e. The summed E-state index contributed by atoms with van der Waals surface area (Å²) in [7, 11) is 0. The molecule has 0 atom stereocenters. The molecule has 0 fully saturated rings. The van der Waals surface area contributed by atoms with Gasteiger partial charge in [0.2, 0.25) is 0 Å². The minimum absolute atomic E-state index is 0. The number of benzene rings is 2. The van der Waals surface area contributed by atoms with Gasteiger partial charge < -0.3 is 5.32 Å². The van der Waals surface area contributed by atoms with E-state index >= 15 is 0 Å². The molecule has 0 unspecified atom stereocenters. The van der Waals surface area contributed by atoms with Gasteiger partial charge in [0.1, 0.15) is 0 Å². The van der Waals surface area contributed by atoms with Crippen LogP contribution in [0.4, 0.5) is 0 Å². The van der Waals surface area contributed by atoms with Crippen LogP contribution < -0.4 is 5.32 Å². The summed E-state index contributed by atoms with van der Waals surface area (Å²) in [6, 6.07) is 19.1. The Balaban J connectivity index is 0.00000162. The van der Waals surface area contributed by atoms with Gasteiger partial charge in [-0.05, 0) is 16.7 Å². The van der Waals surface area contributed by atoms with E-state index in [0.29, 0.717) is 0 Å². The van der Waals surface area contributed by atoms with Crippen LogP contribution in [0.1, 0.15) is 5.56 Å². The van der Waals surface area contributed by atoms with Crippen LogP contribution in [0.25, 0.3) is 11.1 Å². The average molecular weight is 260 g/mol. The molecule has 2 aromatic rings. The van der Waals surface area contributed by atoms with Crippen molar-refractivity contribution < 1.29 is 0 Å². The van der Waals surface area contributed by atoms with E-state index in [-0.39, 0.29) is 12.4 Å². The molecule has 2 heteroatoms. The van der Waals surface area contributed by atoms with Gasteiger partial charge in [-0.3, -0.25) is 0 Å². The molecule has 2 rings (SSSR count). The first-order valence-electron chi connectivity index (χ1n) is 5.86. The zero-order valence-corrected chi connectivity index (χ0v) is 11.1. The van der Waals surface area contributed by atoms with E-state index in [9.17, 15) is 0 Å². The summed E-state index contributed by atoms with van der Waals surface area (Å²) >= 11 is 0. The minimum atomic E-state index is 0. The second kappa shape index (κ2) is 7.70. The maximum absolute atomic E-state index is 3.68. The van der Waals surface area contributed by atoms with Gasteiger partial charge in [-0.2, -0.15) is 0 Å². The van der Waals surface area contributed by atoms with E-state index in [1.807, 2.05) is 12.1 Å². The van der Waals surface area contributed by atoms with Crippen LogP contribution in [0.2, 0.25) is 0 Å². The lowest BCUT2D eigenvalue weighted by Crippen LogP contribution is -2.12. The van der Waals surface area contributed by atoms with E-state index in [0.717, 1.165) is 13.1 Å². The summed E-state index contributed by atoms with van der Waals surface area (Å²) in [6.07, 6.45) is 1.87. The van der Waals surface area contributed by atoms with Crippen LogP contribution in [0.5, 0.6) is 0 Å². The summed E-state index contributed by atoms with van der Waals surface area (Å²) in [5.41, 5.74) is 3.82. The quantitative estimate of drug-likeness (QED) is 0.631. The summed E-state index contributed by atoms with van der Waals surface area (Å²) in [5, 5.41) is 3.29. The van der Waals surface area contributed by atoms with Crippen LogP contribution in [-0.4, -0.2) is 6.54 Å². The molecule has 0 bridgehead atoms. The minimum Gasteiger partial charge on any atom is -0.309 e. The SMILES string of the molecule is C=CCNCc1ccc(-c2ccccc2)cc1.Cl. The summed E-state index contributed by atoms with van der Waals surface area (Å²) < 4.78 is 0. The highest BCUT2D eigenvalue weighted by Gasteiger charge is 1.96. The highest BCUT2D eigenvalue weighted by molar-refractivity contribution is 5.85. The molecule has 0 amide bonds. The van der Waals surface area contributed by atoms with E-state index in [1.54, 1.807) is 0 Å². The third-order valence-electron chi connectivity index (χ3n) is 2.68. The third-order valence-corrected chi connectivity index (χ3v) is 2.68.